The molecule has 0 aromatic carbocycles. The minimum atomic E-state index is -0.327. The quantitative estimate of drug-likeness (QED) is 0.770. The topological polar surface area (TPSA) is 76.2 Å². The van der Waals surface area contributed by atoms with Gasteiger partial charge in [0.25, 0.3) is 0 Å². The summed E-state index contributed by atoms with van der Waals surface area (Å²) in [7, 11) is 5.23. The fourth-order valence-electron chi connectivity index (χ4n) is 1.50. The van der Waals surface area contributed by atoms with Gasteiger partial charge in [0.2, 0.25) is 5.91 Å². The van der Waals surface area contributed by atoms with E-state index in [0.29, 0.717) is 11.5 Å². The van der Waals surface area contributed by atoms with Gasteiger partial charge in [0.15, 0.2) is 0 Å². The third kappa shape index (κ3) is 2.26. The molecule has 6 heteroatoms. The van der Waals surface area contributed by atoms with Crippen LogP contribution in [0, 0.1) is 6.92 Å². The van der Waals surface area contributed by atoms with Crippen molar-refractivity contribution in [3.8, 4) is 0 Å². The maximum Gasteiger partial charge on any atom is 0.244 e. The summed E-state index contributed by atoms with van der Waals surface area (Å²) in [6.45, 7) is 3.63. The number of aryl methyl sites for hydroxylation is 2. The third-order valence-corrected chi connectivity index (χ3v) is 2.43. The van der Waals surface area contributed by atoms with Crippen LogP contribution in [0.5, 0.6) is 0 Å². The highest BCUT2D eigenvalue weighted by atomic mass is 16.2. The van der Waals surface area contributed by atoms with Crippen molar-refractivity contribution in [3.05, 3.63) is 5.69 Å². The monoisotopic (exact) mass is 225 g/mol. The number of nitrogens with one attached hydrogen (secondary N) is 1. The van der Waals surface area contributed by atoms with Crippen molar-refractivity contribution in [2.45, 2.75) is 19.9 Å². The first kappa shape index (κ1) is 12.4. The first-order valence-electron chi connectivity index (χ1n) is 5.11. The highest BCUT2D eigenvalue weighted by molar-refractivity contribution is 5.84. The molecule has 1 atom stereocenters. The highest BCUT2D eigenvalue weighted by Gasteiger charge is 2.18. The van der Waals surface area contributed by atoms with Crippen LogP contribution in [0.1, 0.15) is 12.6 Å². The molecule has 0 aliphatic heterocycles. The SMILES string of the molecule is Cc1nn(C)c(NC(C)C(=O)N(C)C)c1N. The molecule has 16 heavy (non-hydrogen) atoms. The zero-order chi connectivity index (χ0) is 12.5. The number of aromatic nitrogens is 2. The summed E-state index contributed by atoms with van der Waals surface area (Å²) in [4.78, 5) is 13.2. The van der Waals surface area contributed by atoms with Gasteiger partial charge in [0.05, 0.1) is 11.4 Å². The zero-order valence-corrected chi connectivity index (χ0v) is 10.4. The number of nitrogens with zero attached hydrogens (tertiary/aromatic N) is 3. The fraction of sp³-hybridized carbons (Fsp3) is 0.600. The Balaban J connectivity index is 2.85. The van der Waals surface area contributed by atoms with Gasteiger partial charge in [-0.2, -0.15) is 5.10 Å². The van der Waals surface area contributed by atoms with Gasteiger partial charge in [-0.15, -0.1) is 0 Å². The Bertz CT molecular complexity index is 396. The molecule has 0 radical (unpaired) electrons. The lowest BCUT2D eigenvalue weighted by Crippen LogP contribution is -2.37. The number of rotatable bonds is 3. The predicted molar refractivity (Wildman–Crippen MR) is 64.1 cm³/mol. The van der Waals surface area contributed by atoms with E-state index in [1.54, 1.807) is 32.7 Å². The molecule has 0 aliphatic rings. The van der Waals surface area contributed by atoms with Gasteiger partial charge in [0, 0.05) is 21.1 Å². The molecule has 6 nitrogen and oxygen atoms in total. The third-order valence-electron chi connectivity index (χ3n) is 2.43. The van der Waals surface area contributed by atoms with Crippen molar-refractivity contribution in [1.82, 2.24) is 14.7 Å². The van der Waals surface area contributed by atoms with Gasteiger partial charge in [-0.25, -0.2) is 0 Å². The van der Waals surface area contributed by atoms with Gasteiger partial charge in [-0.3, -0.25) is 9.48 Å². The van der Waals surface area contributed by atoms with Gasteiger partial charge < -0.3 is 16.0 Å². The number of hydrogen-bond donors (Lipinski definition) is 2. The van der Waals surface area contributed by atoms with E-state index in [-0.39, 0.29) is 11.9 Å². The van der Waals surface area contributed by atoms with Gasteiger partial charge in [-0.1, -0.05) is 0 Å². The van der Waals surface area contributed by atoms with Crippen LogP contribution in [-0.2, 0) is 11.8 Å². The number of likely N-dealkylation sites (N-methyl/N-ethyl adjacent to an activating group) is 1. The van der Waals surface area contributed by atoms with Crippen LogP contribution in [0.2, 0.25) is 0 Å². The Kier molecular flexibility index (Phi) is 3.41. The van der Waals surface area contributed by atoms with Crippen molar-refractivity contribution in [1.29, 1.82) is 0 Å². The van der Waals surface area contributed by atoms with Crippen LogP contribution in [0.3, 0.4) is 0 Å². The lowest BCUT2D eigenvalue weighted by Gasteiger charge is -2.19. The van der Waals surface area contributed by atoms with Crippen molar-refractivity contribution in [2.75, 3.05) is 25.1 Å². The minimum absolute atomic E-state index is 0.00162. The maximum absolute atomic E-state index is 11.7. The minimum Gasteiger partial charge on any atom is -0.394 e. The van der Waals surface area contributed by atoms with E-state index >= 15 is 0 Å². The maximum atomic E-state index is 11.7. The largest absolute Gasteiger partial charge is 0.394 e. The lowest BCUT2D eigenvalue weighted by atomic mass is 10.3. The lowest BCUT2D eigenvalue weighted by molar-refractivity contribution is -0.129. The van der Waals surface area contributed by atoms with Crippen molar-refractivity contribution < 1.29 is 4.79 Å². The van der Waals surface area contributed by atoms with E-state index < -0.39 is 0 Å². The smallest absolute Gasteiger partial charge is 0.244 e. The number of nitrogens with two attached hydrogens (primary N) is 1. The summed E-state index contributed by atoms with van der Waals surface area (Å²) in [5, 5.41) is 7.24. The first-order chi connectivity index (χ1) is 7.34. The van der Waals surface area contributed by atoms with E-state index in [0.717, 1.165) is 5.69 Å². The zero-order valence-electron chi connectivity index (χ0n) is 10.4. The van der Waals surface area contributed by atoms with Crippen LogP contribution in [0.25, 0.3) is 0 Å². The molecule has 1 aromatic heterocycles. The molecule has 1 unspecified atom stereocenters. The molecule has 0 saturated carbocycles. The molecule has 0 bridgehead atoms. The average Bonchev–Trinajstić information content (AvgIpc) is 2.43. The Labute approximate surface area is 95.4 Å². The molecular formula is C10H19N5O. The van der Waals surface area contributed by atoms with Gasteiger partial charge in [0.1, 0.15) is 11.9 Å². The number of anilines is 2. The van der Waals surface area contributed by atoms with Crippen LogP contribution >= 0.6 is 0 Å². The van der Waals surface area contributed by atoms with Crippen LogP contribution < -0.4 is 11.1 Å². The molecule has 0 fully saturated rings. The summed E-state index contributed by atoms with van der Waals surface area (Å²) < 4.78 is 1.64. The number of carbonyl (C=O) groups is 1. The van der Waals surface area contributed by atoms with E-state index in [4.69, 9.17) is 5.73 Å². The van der Waals surface area contributed by atoms with Crippen molar-refractivity contribution >= 4 is 17.4 Å². The summed E-state index contributed by atoms with van der Waals surface area (Å²) in [5.41, 5.74) is 7.20. The molecule has 0 saturated heterocycles. The molecule has 1 amide bonds. The van der Waals surface area contributed by atoms with E-state index in [2.05, 4.69) is 10.4 Å². The molecule has 0 aliphatic carbocycles. The Morgan fingerprint density at radius 1 is 1.56 bits per heavy atom. The molecule has 1 rings (SSSR count). The fourth-order valence-corrected chi connectivity index (χ4v) is 1.50. The summed E-state index contributed by atoms with van der Waals surface area (Å²) in [6.07, 6.45) is 0. The van der Waals surface area contributed by atoms with Crippen molar-refractivity contribution in [3.63, 3.8) is 0 Å². The van der Waals surface area contributed by atoms with E-state index in [1.165, 1.54) is 4.90 Å². The molecule has 0 spiro atoms. The summed E-state index contributed by atoms with van der Waals surface area (Å²) in [6, 6.07) is -0.327. The number of amides is 1. The second-order valence-corrected chi connectivity index (χ2v) is 4.07. The van der Waals surface area contributed by atoms with Gasteiger partial charge >= 0.3 is 0 Å². The molecule has 1 heterocycles. The molecule has 3 N–H and O–H groups in total. The number of hydrogen-bond acceptors (Lipinski definition) is 4. The van der Waals surface area contributed by atoms with Crippen LogP contribution in [0.15, 0.2) is 0 Å². The van der Waals surface area contributed by atoms with E-state index in [9.17, 15) is 4.79 Å². The van der Waals surface area contributed by atoms with Crippen LogP contribution in [-0.4, -0.2) is 40.7 Å². The second-order valence-electron chi connectivity index (χ2n) is 4.07. The highest BCUT2D eigenvalue weighted by Crippen LogP contribution is 2.21. The standard InChI is InChI=1S/C10H19N5O/c1-6-8(11)9(15(5)13-6)12-7(2)10(16)14(3)4/h7,12H,11H2,1-5H3. The molecule has 1 aromatic rings. The molecular weight excluding hydrogens is 206 g/mol. The predicted octanol–water partition coefficient (Wildman–Crippen LogP) is 0.199. The Morgan fingerprint density at radius 2 is 2.12 bits per heavy atom. The number of carbonyl (C=O) groups excluding carboxylic acids is 1. The van der Waals surface area contributed by atoms with Gasteiger partial charge in [-0.05, 0) is 13.8 Å². The summed E-state index contributed by atoms with van der Waals surface area (Å²) in [5.74, 6) is 0.679. The van der Waals surface area contributed by atoms with E-state index in [1.807, 2.05) is 6.92 Å². The van der Waals surface area contributed by atoms with Crippen molar-refractivity contribution in [2.24, 2.45) is 7.05 Å². The summed E-state index contributed by atoms with van der Waals surface area (Å²) >= 11 is 0. The Morgan fingerprint density at radius 3 is 2.50 bits per heavy atom. The average molecular weight is 225 g/mol. The second kappa shape index (κ2) is 4.42. The Hall–Kier alpha value is -1.72. The van der Waals surface area contributed by atoms with Crippen LogP contribution in [0.4, 0.5) is 11.5 Å². The number of nitrogen functional groups attached to an aromatic ring is 1. The first-order valence-corrected chi connectivity index (χ1v) is 5.11. The molecule has 90 valence electrons. The normalized spacial score (nSPS) is 12.3.